The lowest BCUT2D eigenvalue weighted by Gasteiger charge is -2.35. The van der Waals surface area contributed by atoms with Gasteiger partial charge >= 0.3 is 0 Å². The minimum absolute atomic E-state index is 0.0512. The molecule has 1 unspecified atom stereocenters. The van der Waals surface area contributed by atoms with Crippen molar-refractivity contribution in [1.29, 1.82) is 0 Å². The average molecular weight is 250 g/mol. The first-order chi connectivity index (χ1) is 8.54. The van der Waals surface area contributed by atoms with Gasteiger partial charge in [-0.3, -0.25) is 4.79 Å². The third-order valence-corrected chi connectivity index (χ3v) is 3.44. The van der Waals surface area contributed by atoms with Crippen molar-refractivity contribution in [2.75, 3.05) is 0 Å². The van der Waals surface area contributed by atoms with Crippen LogP contribution in [0.3, 0.4) is 0 Å². The molecule has 0 amide bonds. The van der Waals surface area contributed by atoms with E-state index in [2.05, 4.69) is 6.92 Å². The van der Waals surface area contributed by atoms with Crippen LogP contribution in [-0.2, 0) is 0 Å². The fraction of sp³-hybridized carbons (Fsp3) is 0.533. The molecule has 0 saturated carbocycles. The maximum Gasteiger partial charge on any atom is 0.170 e. The van der Waals surface area contributed by atoms with E-state index in [9.17, 15) is 9.18 Å². The van der Waals surface area contributed by atoms with E-state index in [4.69, 9.17) is 4.74 Å². The minimum atomic E-state index is -0.479. The van der Waals surface area contributed by atoms with Crippen molar-refractivity contribution in [1.82, 2.24) is 0 Å². The smallest absolute Gasteiger partial charge is 0.170 e. The minimum Gasteiger partial charge on any atom is -0.486 e. The second-order valence-electron chi connectivity index (χ2n) is 5.25. The number of ether oxygens (including phenoxy) is 1. The lowest BCUT2D eigenvalue weighted by atomic mass is 9.87. The predicted octanol–water partition coefficient (Wildman–Crippen LogP) is 4.13. The first kappa shape index (κ1) is 13.1. The maximum atomic E-state index is 13.2. The van der Waals surface area contributed by atoms with Gasteiger partial charge in [0.1, 0.15) is 17.2 Å². The van der Waals surface area contributed by atoms with Gasteiger partial charge < -0.3 is 4.74 Å². The molecule has 18 heavy (non-hydrogen) atoms. The van der Waals surface area contributed by atoms with Gasteiger partial charge in [-0.25, -0.2) is 4.39 Å². The van der Waals surface area contributed by atoms with Crippen LogP contribution in [0.15, 0.2) is 18.2 Å². The molecule has 2 rings (SSSR count). The molecule has 0 bridgehead atoms. The molecule has 0 aliphatic carbocycles. The van der Waals surface area contributed by atoms with E-state index in [0.717, 1.165) is 25.7 Å². The van der Waals surface area contributed by atoms with Crippen LogP contribution in [-0.4, -0.2) is 11.4 Å². The second-order valence-corrected chi connectivity index (χ2v) is 5.25. The Morgan fingerprint density at radius 1 is 1.39 bits per heavy atom. The van der Waals surface area contributed by atoms with Gasteiger partial charge in [-0.15, -0.1) is 0 Å². The van der Waals surface area contributed by atoms with Crippen molar-refractivity contribution in [2.24, 2.45) is 0 Å². The first-order valence-electron chi connectivity index (χ1n) is 6.56. The summed E-state index contributed by atoms with van der Waals surface area (Å²) in [6.07, 6.45) is 4.52. The molecule has 0 radical (unpaired) electrons. The van der Waals surface area contributed by atoms with Gasteiger partial charge in [0.2, 0.25) is 0 Å². The van der Waals surface area contributed by atoms with Crippen molar-refractivity contribution in [3.8, 4) is 5.75 Å². The highest BCUT2D eigenvalue weighted by atomic mass is 19.1. The van der Waals surface area contributed by atoms with Crippen molar-refractivity contribution in [2.45, 2.75) is 51.6 Å². The van der Waals surface area contributed by atoms with Crippen molar-refractivity contribution < 1.29 is 13.9 Å². The summed E-state index contributed by atoms with van der Waals surface area (Å²) in [5.74, 6) is 0.0832. The molecule has 3 heteroatoms. The van der Waals surface area contributed by atoms with Crippen LogP contribution in [0, 0.1) is 5.82 Å². The highest BCUT2D eigenvalue weighted by Gasteiger charge is 2.36. The second kappa shape index (κ2) is 5.09. The molecule has 0 spiro atoms. The Kier molecular flexibility index (Phi) is 3.69. The number of fused-ring (bicyclic) bond motifs is 1. The topological polar surface area (TPSA) is 26.3 Å². The van der Waals surface area contributed by atoms with E-state index in [1.54, 1.807) is 0 Å². The van der Waals surface area contributed by atoms with Crippen LogP contribution in [0.4, 0.5) is 4.39 Å². The van der Waals surface area contributed by atoms with Crippen molar-refractivity contribution in [3.05, 3.63) is 29.6 Å². The van der Waals surface area contributed by atoms with Crippen LogP contribution < -0.4 is 4.74 Å². The Balaban J connectivity index is 2.18. The number of ketones is 1. The molecule has 1 aliphatic heterocycles. The zero-order valence-corrected chi connectivity index (χ0v) is 11.0. The molecular formula is C15H19FO2. The van der Waals surface area contributed by atoms with E-state index in [1.807, 2.05) is 6.92 Å². The first-order valence-corrected chi connectivity index (χ1v) is 6.56. The number of carbonyl (C=O) groups excluding carboxylic acids is 1. The number of hydrogen-bond acceptors (Lipinski definition) is 2. The van der Waals surface area contributed by atoms with E-state index in [1.165, 1.54) is 18.2 Å². The van der Waals surface area contributed by atoms with Crippen molar-refractivity contribution >= 4 is 5.78 Å². The summed E-state index contributed by atoms with van der Waals surface area (Å²) in [5, 5.41) is 0. The van der Waals surface area contributed by atoms with Crippen LogP contribution in [0.2, 0.25) is 0 Å². The standard InChI is InChI=1S/C15H19FO2/c1-3-4-5-8-15(2)10-13(17)12-7-6-11(16)9-14(12)18-15/h6-7,9H,3-5,8,10H2,1-2H3. The van der Waals surface area contributed by atoms with Gasteiger partial charge in [0.15, 0.2) is 5.78 Å². The number of carbonyl (C=O) groups is 1. The number of rotatable bonds is 4. The Morgan fingerprint density at radius 2 is 2.17 bits per heavy atom. The molecule has 0 aromatic heterocycles. The predicted molar refractivity (Wildman–Crippen MR) is 68.5 cm³/mol. The Bertz CT molecular complexity index is 456. The van der Waals surface area contributed by atoms with Crippen LogP contribution >= 0.6 is 0 Å². The molecule has 98 valence electrons. The lowest BCUT2D eigenvalue weighted by Crippen LogP contribution is -2.39. The Labute approximate surface area is 107 Å². The molecular weight excluding hydrogens is 231 g/mol. The van der Waals surface area contributed by atoms with E-state index < -0.39 is 5.60 Å². The molecule has 1 heterocycles. The number of halogens is 1. The molecule has 0 N–H and O–H groups in total. The number of Topliss-reactive ketones (excluding diaryl/α,β-unsaturated/α-hetero) is 1. The van der Waals surface area contributed by atoms with Gasteiger partial charge in [-0.2, -0.15) is 0 Å². The third-order valence-electron chi connectivity index (χ3n) is 3.44. The summed E-state index contributed by atoms with van der Waals surface area (Å²) < 4.78 is 19.0. The summed E-state index contributed by atoms with van der Waals surface area (Å²) in [5.41, 5.74) is 0.0249. The van der Waals surface area contributed by atoms with Gasteiger partial charge in [0.05, 0.1) is 12.0 Å². The molecule has 0 fully saturated rings. The number of benzene rings is 1. The van der Waals surface area contributed by atoms with Crippen LogP contribution in [0.25, 0.3) is 0 Å². The normalized spacial score (nSPS) is 22.5. The van der Waals surface area contributed by atoms with Crippen LogP contribution in [0.5, 0.6) is 5.75 Å². The Hall–Kier alpha value is -1.38. The third kappa shape index (κ3) is 2.71. The summed E-state index contributed by atoms with van der Waals surface area (Å²) >= 11 is 0. The highest BCUT2D eigenvalue weighted by molar-refractivity contribution is 6.00. The largest absolute Gasteiger partial charge is 0.486 e. The van der Waals surface area contributed by atoms with Crippen LogP contribution in [0.1, 0.15) is 56.3 Å². The lowest BCUT2D eigenvalue weighted by molar-refractivity contribution is 0.0451. The average Bonchev–Trinajstić information content (AvgIpc) is 2.28. The fourth-order valence-electron chi connectivity index (χ4n) is 2.44. The van der Waals surface area contributed by atoms with Crippen molar-refractivity contribution in [3.63, 3.8) is 0 Å². The van der Waals surface area contributed by atoms with Gasteiger partial charge in [-0.05, 0) is 31.9 Å². The monoisotopic (exact) mass is 250 g/mol. The van der Waals surface area contributed by atoms with E-state index in [-0.39, 0.29) is 11.6 Å². The zero-order valence-electron chi connectivity index (χ0n) is 11.0. The fourth-order valence-corrected chi connectivity index (χ4v) is 2.44. The summed E-state index contributed by atoms with van der Waals surface area (Å²) in [6.45, 7) is 4.08. The molecule has 2 nitrogen and oxygen atoms in total. The summed E-state index contributed by atoms with van der Waals surface area (Å²) in [4.78, 5) is 12.0. The highest BCUT2D eigenvalue weighted by Crippen LogP contribution is 2.36. The zero-order chi connectivity index (χ0) is 13.2. The molecule has 1 aromatic rings. The van der Waals surface area contributed by atoms with Gasteiger partial charge in [-0.1, -0.05) is 19.8 Å². The van der Waals surface area contributed by atoms with E-state index in [0.29, 0.717) is 17.7 Å². The van der Waals surface area contributed by atoms with E-state index >= 15 is 0 Å². The maximum absolute atomic E-state index is 13.2. The molecule has 1 atom stereocenters. The summed E-state index contributed by atoms with van der Waals surface area (Å²) in [7, 11) is 0. The quantitative estimate of drug-likeness (QED) is 0.751. The SMILES string of the molecule is CCCCCC1(C)CC(=O)c2ccc(F)cc2O1. The number of hydrogen-bond donors (Lipinski definition) is 0. The molecule has 1 aliphatic rings. The number of unbranched alkanes of at least 4 members (excludes halogenated alkanes) is 2. The summed E-state index contributed by atoms with van der Waals surface area (Å²) in [6, 6.07) is 4.13. The van der Waals surface area contributed by atoms with Gasteiger partial charge in [0, 0.05) is 6.07 Å². The Morgan fingerprint density at radius 3 is 2.89 bits per heavy atom. The van der Waals surface area contributed by atoms with Gasteiger partial charge in [0.25, 0.3) is 0 Å². The molecule has 0 saturated heterocycles. The molecule has 1 aromatic carbocycles.